The van der Waals surface area contributed by atoms with Gasteiger partial charge in [0.15, 0.2) is 11.6 Å². The molecule has 33 heavy (non-hydrogen) atoms. The highest BCUT2D eigenvalue weighted by Crippen LogP contribution is 2.40. The molecule has 0 spiro atoms. The van der Waals surface area contributed by atoms with Gasteiger partial charge in [-0.15, -0.1) is 13.2 Å². The van der Waals surface area contributed by atoms with Crippen LogP contribution in [0.1, 0.15) is 50.5 Å². The Morgan fingerprint density at radius 3 is 2.06 bits per heavy atom. The van der Waals surface area contributed by atoms with E-state index in [1.807, 2.05) is 0 Å². The number of rotatable bonds is 4. The first-order valence-electron chi connectivity index (χ1n) is 10.7. The fourth-order valence-corrected chi connectivity index (χ4v) is 4.68. The molecule has 3 aromatic rings. The molecule has 4 rings (SSSR count). The van der Waals surface area contributed by atoms with Crippen LogP contribution >= 0.6 is 0 Å². The Kier molecular flexibility index (Phi) is 6.29. The topological polar surface area (TPSA) is 9.23 Å². The van der Waals surface area contributed by atoms with Crippen LogP contribution in [-0.2, 0) is 0 Å². The molecule has 1 aliphatic rings. The maximum Gasteiger partial charge on any atom is 0.573 e. The first-order valence-corrected chi connectivity index (χ1v) is 10.7. The normalized spacial score (nSPS) is 19.2. The van der Waals surface area contributed by atoms with Gasteiger partial charge in [-0.1, -0.05) is 25.5 Å². The second kappa shape index (κ2) is 8.88. The third-order valence-electron chi connectivity index (χ3n) is 6.45. The number of alkyl halides is 3. The lowest BCUT2D eigenvalue weighted by molar-refractivity contribution is -0.276. The molecule has 1 fully saturated rings. The van der Waals surface area contributed by atoms with Gasteiger partial charge in [-0.3, -0.25) is 0 Å². The Morgan fingerprint density at radius 1 is 0.848 bits per heavy atom. The molecule has 176 valence electrons. The van der Waals surface area contributed by atoms with Crippen LogP contribution in [0.2, 0.25) is 0 Å². The zero-order valence-corrected chi connectivity index (χ0v) is 17.7. The van der Waals surface area contributed by atoms with Crippen LogP contribution in [0.5, 0.6) is 5.75 Å². The quantitative estimate of drug-likeness (QED) is 0.347. The van der Waals surface area contributed by atoms with Crippen molar-refractivity contribution in [2.45, 2.75) is 51.3 Å². The molecular weight excluding hydrogens is 449 g/mol. The summed E-state index contributed by atoms with van der Waals surface area (Å²) in [7, 11) is 0. The lowest BCUT2D eigenvalue weighted by atomic mass is 9.77. The minimum atomic E-state index is -5.28. The summed E-state index contributed by atoms with van der Waals surface area (Å²) in [4.78, 5) is 0. The third-order valence-corrected chi connectivity index (χ3v) is 6.45. The molecule has 0 aromatic heterocycles. The van der Waals surface area contributed by atoms with E-state index in [1.54, 1.807) is 0 Å². The van der Waals surface area contributed by atoms with Crippen molar-refractivity contribution in [3.05, 3.63) is 65.2 Å². The fraction of sp³-hybridized carbons (Fsp3) is 0.360. The van der Waals surface area contributed by atoms with Crippen molar-refractivity contribution in [2.75, 3.05) is 0 Å². The summed E-state index contributed by atoms with van der Waals surface area (Å²) < 4.78 is 99.3. The molecule has 0 radical (unpaired) electrons. The highest BCUT2D eigenvalue weighted by molar-refractivity contribution is 5.89. The molecule has 0 aliphatic heterocycles. The predicted molar refractivity (Wildman–Crippen MR) is 111 cm³/mol. The summed E-state index contributed by atoms with van der Waals surface area (Å²) in [6.07, 6.45) is -0.469. The van der Waals surface area contributed by atoms with Crippen molar-refractivity contribution in [1.82, 2.24) is 0 Å². The van der Waals surface area contributed by atoms with E-state index in [1.165, 1.54) is 18.2 Å². The minimum Gasteiger partial charge on any atom is -0.399 e. The monoisotopic (exact) mass is 470 g/mol. The molecule has 0 heterocycles. The number of hydrogen-bond donors (Lipinski definition) is 0. The first kappa shape index (κ1) is 23.4. The lowest BCUT2D eigenvalue weighted by Gasteiger charge is -2.28. The van der Waals surface area contributed by atoms with E-state index in [9.17, 15) is 30.7 Å². The molecule has 0 amide bonds. The van der Waals surface area contributed by atoms with Crippen LogP contribution in [-0.4, -0.2) is 6.36 Å². The molecule has 1 saturated carbocycles. The average molecular weight is 470 g/mol. The molecule has 0 unspecified atom stereocenters. The molecule has 0 atom stereocenters. The van der Waals surface area contributed by atoms with Gasteiger partial charge in [0.25, 0.3) is 0 Å². The summed E-state index contributed by atoms with van der Waals surface area (Å²) >= 11 is 0. The first-order chi connectivity index (χ1) is 15.6. The number of ether oxygens (including phenoxy) is 1. The Balaban J connectivity index is 1.69. The molecule has 0 N–H and O–H groups in total. The van der Waals surface area contributed by atoms with Gasteiger partial charge in [-0.25, -0.2) is 17.6 Å². The van der Waals surface area contributed by atoms with Crippen molar-refractivity contribution < 1.29 is 35.5 Å². The zero-order chi connectivity index (χ0) is 23.9. The number of fused-ring (bicyclic) bond motifs is 1. The van der Waals surface area contributed by atoms with Crippen molar-refractivity contribution >= 4 is 10.8 Å². The maximum absolute atomic E-state index is 15.0. The second-order valence-electron chi connectivity index (χ2n) is 8.47. The highest BCUT2D eigenvalue weighted by Gasteiger charge is 2.34. The van der Waals surface area contributed by atoms with Gasteiger partial charge in [-0.05, 0) is 78.3 Å². The van der Waals surface area contributed by atoms with E-state index in [-0.39, 0.29) is 27.8 Å². The fourth-order valence-electron chi connectivity index (χ4n) is 4.68. The van der Waals surface area contributed by atoms with Crippen LogP contribution < -0.4 is 4.74 Å². The zero-order valence-electron chi connectivity index (χ0n) is 17.7. The van der Waals surface area contributed by atoms with Gasteiger partial charge in [0.1, 0.15) is 11.6 Å². The average Bonchev–Trinajstić information content (AvgIpc) is 2.75. The molecule has 1 nitrogen and oxygen atoms in total. The van der Waals surface area contributed by atoms with Crippen LogP contribution in [0.3, 0.4) is 0 Å². The van der Waals surface area contributed by atoms with Crippen LogP contribution in [0.25, 0.3) is 21.9 Å². The Morgan fingerprint density at radius 2 is 1.48 bits per heavy atom. The number of halogens is 7. The Labute approximate surface area is 186 Å². The van der Waals surface area contributed by atoms with Gasteiger partial charge in [0.05, 0.1) is 5.56 Å². The molecule has 0 bridgehead atoms. The number of hydrogen-bond acceptors (Lipinski definition) is 1. The minimum absolute atomic E-state index is 0.0158. The molecular formula is C25H21F7O. The standard InChI is InChI=1S/C25H21F7O/c1-2-13-3-5-14(6-4-13)16-10-19(26)22(20(27)11-16)15-7-8-18-17(9-15)12-21(28)24(23(18)29)33-25(30,31)32/h7-14H,2-6H2,1H3/t13-,14-. The predicted octanol–water partition coefficient (Wildman–Crippen LogP) is 8.65. The van der Waals surface area contributed by atoms with Gasteiger partial charge in [0, 0.05) is 5.39 Å². The van der Waals surface area contributed by atoms with Gasteiger partial charge in [0.2, 0.25) is 5.75 Å². The van der Waals surface area contributed by atoms with Crippen LogP contribution in [0.15, 0.2) is 36.4 Å². The van der Waals surface area contributed by atoms with Gasteiger partial charge >= 0.3 is 6.36 Å². The third kappa shape index (κ3) is 4.80. The molecule has 8 heteroatoms. The van der Waals surface area contributed by atoms with E-state index in [2.05, 4.69) is 11.7 Å². The second-order valence-corrected chi connectivity index (χ2v) is 8.47. The molecule has 3 aromatic carbocycles. The van der Waals surface area contributed by atoms with E-state index in [4.69, 9.17) is 0 Å². The summed E-state index contributed by atoms with van der Waals surface area (Å²) in [6.45, 7) is 2.13. The summed E-state index contributed by atoms with van der Waals surface area (Å²) in [5.41, 5.74) is 0.233. The molecule has 1 aliphatic carbocycles. The Bertz CT molecular complexity index is 1150. The van der Waals surface area contributed by atoms with Crippen molar-refractivity contribution in [3.63, 3.8) is 0 Å². The number of benzene rings is 3. The summed E-state index contributed by atoms with van der Waals surface area (Å²) in [5, 5.41) is -0.526. The van der Waals surface area contributed by atoms with Crippen LogP contribution in [0.4, 0.5) is 30.7 Å². The van der Waals surface area contributed by atoms with Crippen molar-refractivity contribution in [3.8, 4) is 16.9 Å². The SMILES string of the molecule is CC[C@H]1CC[C@H](c2cc(F)c(-c3ccc4c(F)c(OC(F)(F)F)c(F)cc4c3)c(F)c2)CC1. The van der Waals surface area contributed by atoms with Gasteiger partial charge < -0.3 is 4.74 Å². The maximum atomic E-state index is 15.0. The Hall–Kier alpha value is -2.77. The van der Waals surface area contributed by atoms with E-state index in [0.717, 1.165) is 44.2 Å². The van der Waals surface area contributed by atoms with Crippen molar-refractivity contribution in [1.29, 1.82) is 0 Å². The van der Waals surface area contributed by atoms with Gasteiger partial charge in [-0.2, -0.15) is 0 Å². The van der Waals surface area contributed by atoms with E-state index >= 15 is 0 Å². The highest BCUT2D eigenvalue weighted by atomic mass is 19.4. The molecule has 0 saturated heterocycles. The largest absolute Gasteiger partial charge is 0.573 e. The summed E-state index contributed by atoms with van der Waals surface area (Å²) in [6, 6.07) is 6.57. The smallest absolute Gasteiger partial charge is 0.399 e. The summed E-state index contributed by atoms with van der Waals surface area (Å²) in [5.74, 6) is -5.61. The van der Waals surface area contributed by atoms with E-state index < -0.39 is 35.4 Å². The van der Waals surface area contributed by atoms with Crippen LogP contribution in [0, 0.1) is 29.2 Å². The van der Waals surface area contributed by atoms with Crippen molar-refractivity contribution in [2.24, 2.45) is 5.92 Å². The van der Waals surface area contributed by atoms with E-state index in [0.29, 0.717) is 17.5 Å². The lowest BCUT2D eigenvalue weighted by Crippen LogP contribution is -2.19.